The number of anilines is 1. The van der Waals surface area contributed by atoms with Gasteiger partial charge in [-0.1, -0.05) is 24.3 Å². The van der Waals surface area contributed by atoms with Crippen molar-refractivity contribution in [2.75, 3.05) is 31.6 Å². The topological polar surface area (TPSA) is 75.7 Å². The molecule has 0 atom stereocenters. The van der Waals surface area contributed by atoms with E-state index in [1.165, 1.54) is 4.31 Å². The number of nitrogens with one attached hydrogen (secondary N) is 1. The van der Waals surface area contributed by atoms with Crippen molar-refractivity contribution in [3.05, 3.63) is 58.6 Å². The zero-order chi connectivity index (χ0) is 19.3. The molecule has 0 saturated carbocycles. The number of para-hydroxylation sites is 1. The number of carbonyl (C=O) groups is 1. The van der Waals surface area contributed by atoms with E-state index < -0.39 is 10.0 Å². The molecule has 1 N–H and O–H groups in total. The Morgan fingerprint density at radius 1 is 1.07 bits per heavy atom. The van der Waals surface area contributed by atoms with Crippen LogP contribution in [0.1, 0.15) is 12.0 Å². The van der Waals surface area contributed by atoms with Crippen LogP contribution in [0.25, 0.3) is 0 Å². The van der Waals surface area contributed by atoms with Crippen molar-refractivity contribution in [3.8, 4) is 0 Å². The maximum atomic E-state index is 12.6. The highest BCUT2D eigenvalue weighted by molar-refractivity contribution is 9.10. The van der Waals surface area contributed by atoms with Crippen molar-refractivity contribution in [1.82, 2.24) is 4.31 Å². The third-order valence-corrected chi connectivity index (χ3v) is 6.92. The Kier molecular flexibility index (Phi) is 6.64. The van der Waals surface area contributed by atoms with Crippen LogP contribution in [0.3, 0.4) is 0 Å². The molecule has 3 rings (SSSR count). The molecule has 27 heavy (non-hydrogen) atoms. The predicted octanol–water partition coefficient (Wildman–Crippen LogP) is 3.04. The second kappa shape index (κ2) is 8.97. The molecule has 0 aliphatic carbocycles. The van der Waals surface area contributed by atoms with E-state index in [0.717, 1.165) is 15.7 Å². The fourth-order valence-electron chi connectivity index (χ4n) is 2.80. The van der Waals surface area contributed by atoms with E-state index in [1.807, 2.05) is 24.3 Å². The highest BCUT2D eigenvalue weighted by Gasteiger charge is 2.26. The number of carbonyl (C=O) groups excluding carboxylic acids is 1. The van der Waals surface area contributed by atoms with E-state index in [0.29, 0.717) is 39.1 Å². The van der Waals surface area contributed by atoms with Gasteiger partial charge >= 0.3 is 0 Å². The van der Waals surface area contributed by atoms with Crippen LogP contribution in [0.4, 0.5) is 5.69 Å². The molecule has 8 heteroatoms. The van der Waals surface area contributed by atoms with Crippen LogP contribution < -0.4 is 5.32 Å². The van der Waals surface area contributed by atoms with Crippen molar-refractivity contribution in [2.45, 2.75) is 17.7 Å². The third kappa shape index (κ3) is 5.16. The quantitative estimate of drug-likeness (QED) is 0.730. The number of nitrogens with zero attached hydrogens (tertiary/aromatic N) is 1. The zero-order valence-corrected chi connectivity index (χ0v) is 17.1. The fourth-order valence-corrected chi connectivity index (χ4v) is 4.59. The Morgan fingerprint density at radius 2 is 1.74 bits per heavy atom. The van der Waals surface area contributed by atoms with Gasteiger partial charge in [-0.3, -0.25) is 4.79 Å². The summed E-state index contributed by atoms with van der Waals surface area (Å²) >= 11 is 3.40. The Hall–Kier alpha value is -1.74. The number of benzene rings is 2. The Morgan fingerprint density at radius 3 is 2.41 bits per heavy atom. The summed E-state index contributed by atoms with van der Waals surface area (Å²) in [7, 11) is -3.49. The van der Waals surface area contributed by atoms with Crippen LogP contribution in [0, 0.1) is 0 Å². The van der Waals surface area contributed by atoms with Gasteiger partial charge in [-0.05, 0) is 52.2 Å². The lowest BCUT2D eigenvalue weighted by atomic mass is 10.1. The lowest BCUT2D eigenvalue weighted by molar-refractivity contribution is -0.116. The number of sulfonamides is 1. The molecule has 1 aliphatic heterocycles. The highest BCUT2D eigenvalue weighted by Crippen LogP contribution is 2.22. The molecule has 2 aromatic rings. The first-order valence-corrected chi connectivity index (χ1v) is 10.9. The minimum atomic E-state index is -3.49. The molecule has 0 aromatic heterocycles. The summed E-state index contributed by atoms with van der Waals surface area (Å²) in [6.07, 6.45) is 0.852. The number of ether oxygens (including phenoxy) is 1. The summed E-state index contributed by atoms with van der Waals surface area (Å²) in [5.41, 5.74) is 1.65. The number of halogens is 1. The number of rotatable bonds is 6. The van der Waals surface area contributed by atoms with Crippen molar-refractivity contribution >= 4 is 37.5 Å². The van der Waals surface area contributed by atoms with Crippen LogP contribution >= 0.6 is 15.9 Å². The molecule has 144 valence electrons. The molecule has 0 unspecified atom stereocenters. The molecule has 1 amide bonds. The van der Waals surface area contributed by atoms with E-state index in [1.54, 1.807) is 24.3 Å². The summed E-state index contributed by atoms with van der Waals surface area (Å²) in [5, 5.41) is 2.86. The van der Waals surface area contributed by atoms with Crippen molar-refractivity contribution in [1.29, 1.82) is 0 Å². The smallest absolute Gasteiger partial charge is 0.243 e. The van der Waals surface area contributed by atoms with Crippen LogP contribution in [0.2, 0.25) is 0 Å². The first kappa shape index (κ1) is 20.0. The fraction of sp³-hybridized carbons (Fsp3) is 0.316. The molecule has 1 saturated heterocycles. The van der Waals surface area contributed by atoms with Crippen molar-refractivity contribution in [3.63, 3.8) is 0 Å². The van der Waals surface area contributed by atoms with Gasteiger partial charge in [-0.25, -0.2) is 8.42 Å². The number of amides is 1. The molecule has 1 aliphatic rings. The zero-order valence-electron chi connectivity index (χ0n) is 14.7. The van der Waals surface area contributed by atoms with Gasteiger partial charge in [0.2, 0.25) is 15.9 Å². The maximum Gasteiger partial charge on any atom is 0.243 e. The van der Waals surface area contributed by atoms with E-state index in [9.17, 15) is 13.2 Å². The van der Waals surface area contributed by atoms with Crippen LogP contribution in [0.5, 0.6) is 0 Å². The maximum absolute atomic E-state index is 12.6. The molecule has 6 nitrogen and oxygen atoms in total. The number of hydrogen-bond acceptors (Lipinski definition) is 4. The summed E-state index contributed by atoms with van der Waals surface area (Å²) in [6.45, 7) is 1.59. The van der Waals surface area contributed by atoms with Gasteiger partial charge in [0.15, 0.2) is 0 Å². The van der Waals surface area contributed by atoms with E-state index in [4.69, 9.17) is 4.74 Å². The molecule has 1 fully saturated rings. The molecule has 0 spiro atoms. The van der Waals surface area contributed by atoms with E-state index in [-0.39, 0.29) is 10.8 Å². The lowest BCUT2D eigenvalue weighted by Gasteiger charge is -2.26. The summed E-state index contributed by atoms with van der Waals surface area (Å²) < 4.78 is 32.7. The summed E-state index contributed by atoms with van der Waals surface area (Å²) in [4.78, 5) is 12.4. The normalized spacial score (nSPS) is 15.4. The third-order valence-electron chi connectivity index (χ3n) is 4.32. The largest absolute Gasteiger partial charge is 0.379 e. The van der Waals surface area contributed by atoms with Crippen molar-refractivity contribution in [2.24, 2.45) is 0 Å². The Labute approximate surface area is 167 Å². The van der Waals surface area contributed by atoms with Crippen LogP contribution in [0.15, 0.2) is 57.9 Å². The van der Waals surface area contributed by atoms with Gasteiger partial charge in [0.25, 0.3) is 0 Å². The molecule has 0 bridgehead atoms. The van der Waals surface area contributed by atoms with Gasteiger partial charge in [0, 0.05) is 24.0 Å². The minimum Gasteiger partial charge on any atom is -0.379 e. The molecule has 1 heterocycles. The minimum absolute atomic E-state index is 0.0908. The first-order valence-electron chi connectivity index (χ1n) is 8.68. The monoisotopic (exact) mass is 452 g/mol. The van der Waals surface area contributed by atoms with Gasteiger partial charge in [0.05, 0.1) is 23.8 Å². The Bertz CT molecular complexity index is 894. The van der Waals surface area contributed by atoms with Crippen molar-refractivity contribution < 1.29 is 17.9 Å². The molecule has 2 aromatic carbocycles. The SMILES string of the molecule is O=C(CCc1ccc(S(=O)(=O)N2CCOCC2)cc1)Nc1ccccc1Br. The van der Waals surface area contributed by atoms with E-state index >= 15 is 0 Å². The standard InChI is InChI=1S/C19H21BrN2O4S/c20-17-3-1-2-4-18(17)21-19(23)10-7-15-5-8-16(9-6-15)27(24,25)22-11-13-26-14-12-22/h1-6,8-9H,7,10-14H2,(H,21,23). The first-order chi connectivity index (χ1) is 13.0. The average Bonchev–Trinajstić information content (AvgIpc) is 2.69. The Balaban J connectivity index is 1.57. The number of aryl methyl sites for hydroxylation is 1. The van der Waals surface area contributed by atoms with Gasteiger partial charge in [0.1, 0.15) is 0 Å². The van der Waals surface area contributed by atoms with Gasteiger partial charge in [-0.2, -0.15) is 4.31 Å². The molecular weight excluding hydrogens is 432 g/mol. The van der Waals surface area contributed by atoms with Gasteiger partial charge < -0.3 is 10.1 Å². The van der Waals surface area contributed by atoms with Gasteiger partial charge in [-0.15, -0.1) is 0 Å². The second-order valence-electron chi connectivity index (χ2n) is 6.19. The number of morpholine rings is 1. The summed E-state index contributed by atoms with van der Waals surface area (Å²) in [5.74, 6) is -0.0908. The molecule has 0 radical (unpaired) electrons. The second-order valence-corrected chi connectivity index (χ2v) is 8.98. The lowest BCUT2D eigenvalue weighted by Crippen LogP contribution is -2.40. The van der Waals surface area contributed by atoms with Crippen LogP contribution in [-0.2, 0) is 26.0 Å². The number of hydrogen-bond donors (Lipinski definition) is 1. The predicted molar refractivity (Wildman–Crippen MR) is 107 cm³/mol. The highest BCUT2D eigenvalue weighted by atomic mass is 79.9. The van der Waals surface area contributed by atoms with Crippen LogP contribution in [-0.4, -0.2) is 44.9 Å². The molecular formula is C19H21BrN2O4S. The summed E-state index contributed by atoms with van der Waals surface area (Å²) in [6, 6.07) is 14.2. The van der Waals surface area contributed by atoms with E-state index in [2.05, 4.69) is 21.2 Å². The average molecular weight is 453 g/mol.